The van der Waals surface area contributed by atoms with Gasteiger partial charge in [0.1, 0.15) is 18.8 Å². The molecule has 0 bridgehead atoms. The second-order valence-electron chi connectivity index (χ2n) is 23.3. The number of cyclic esters (lactones) is 1. The first-order chi connectivity index (χ1) is 29.3. The van der Waals surface area contributed by atoms with Gasteiger partial charge in [0.15, 0.2) is 11.9 Å². The predicted molar refractivity (Wildman–Crippen MR) is 243 cm³/mol. The number of fused-ring (bicyclic) bond motifs is 7. The summed E-state index contributed by atoms with van der Waals surface area (Å²) >= 11 is 0. The summed E-state index contributed by atoms with van der Waals surface area (Å²) in [6, 6.07) is 0. The maximum Gasteiger partial charge on any atom is 0.377 e. The lowest BCUT2D eigenvalue weighted by Gasteiger charge is -2.71. The maximum atomic E-state index is 14.4. The van der Waals surface area contributed by atoms with Gasteiger partial charge in [0.05, 0.1) is 5.41 Å². The molecule has 6 rings (SSSR count). The van der Waals surface area contributed by atoms with Crippen molar-refractivity contribution in [2.75, 3.05) is 6.61 Å². The van der Waals surface area contributed by atoms with Crippen LogP contribution in [0.5, 0.6) is 0 Å². The number of rotatable bonds is 20. The van der Waals surface area contributed by atoms with E-state index in [1.54, 1.807) is 0 Å². The number of ether oxygens (including phenoxy) is 3. The third-order valence-electron chi connectivity index (χ3n) is 18.7. The molecule has 4 saturated carbocycles. The molecule has 9 heteroatoms. The fraction of sp³-hybridized carbons (Fsp3) is 0.868. The molecule has 62 heavy (non-hydrogen) atoms. The van der Waals surface area contributed by atoms with Crippen molar-refractivity contribution in [1.29, 1.82) is 0 Å². The van der Waals surface area contributed by atoms with Crippen LogP contribution in [-0.4, -0.2) is 58.1 Å². The van der Waals surface area contributed by atoms with Crippen LogP contribution >= 0.6 is 0 Å². The number of carbonyl (C=O) groups is 3. The Hall–Kier alpha value is -2.55. The minimum Gasteiger partial charge on any atom is -0.505 e. The molecule has 4 fully saturated rings. The standard InChI is InChI=1S/C53H86O9/c1-9-10-11-12-13-14-15-16-17-18-19-20-21-22-23-42(55)61-41-27-28-50(6)39(49(41,4)5)26-29-52(8)40(50)25-24-36-37-34-48(2,3)30-32-53(37,33-31-51(36,52)7)47(59)60-35-38(54)45-43(56)44(57)46(58)62-45/h24,37-41,45,54,56-57H,9-23,25-35H2,1-8H3/t37-,38-,39?,40?,41-,45?,50-,51+,52+,53-/m0/s1. The summed E-state index contributed by atoms with van der Waals surface area (Å²) in [6.07, 6.45) is 27.4. The van der Waals surface area contributed by atoms with Gasteiger partial charge in [0.2, 0.25) is 5.76 Å². The molecule has 1 heterocycles. The van der Waals surface area contributed by atoms with Gasteiger partial charge in [-0.3, -0.25) is 9.59 Å². The second kappa shape index (κ2) is 19.5. The number of esters is 3. The Morgan fingerprint density at radius 2 is 1.37 bits per heavy atom. The molecule has 0 aromatic carbocycles. The van der Waals surface area contributed by atoms with Gasteiger partial charge in [-0.25, -0.2) is 4.79 Å². The van der Waals surface area contributed by atoms with Gasteiger partial charge in [-0.1, -0.05) is 151 Å². The molecule has 6 aliphatic rings. The molecule has 3 unspecified atom stereocenters. The number of hydrogen-bond acceptors (Lipinski definition) is 9. The summed E-state index contributed by atoms with van der Waals surface area (Å²) in [5.74, 6) is -2.22. The molecule has 0 amide bonds. The Kier molecular flexibility index (Phi) is 15.4. The molecule has 10 atom stereocenters. The lowest BCUT2D eigenvalue weighted by Crippen LogP contribution is -2.65. The average Bonchev–Trinajstić information content (AvgIpc) is 3.48. The van der Waals surface area contributed by atoms with E-state index in [1.165, 1.54) is 82.6 Å². The summed E-state index contributed by atoms with van der Waals surface area (Å²) in [4.78, 5) is 39.5. The number of aliphatic hydroxyl groups excluding tert-OH is 3. The topological polar surface area (TPSA) is 140 Å². The Morgan fingerprint density at radius 1 is 0.774 bits per heavy atom. The Balaban J connectivity index is 1.05. The van der Waals surface area contributed by atoms with Crippen LogP contribution in [0.15, 0.2) is 23.2 Å². The third kappa shape index (κ3) is 9.41. The highest BCUT2D eigenvalue weighted by Crippen LogP contribution is 2.76. The zero-order valence-electron chi connectivity index (χ0n) is 40.2. The van der Waals surface area contributed by atoms with Crippen LogP contribution in [-0.2, 0) is 28.6 Å². The van der Waals surface area contributed by atoms with E-state index >= 15 is 0 Å². The lowest BCUT2D eigenvalue weighted by molar-refractivity contribution is -0.214. The van der Waals surface area contributed by atoms with Gasteiger partial charge >= 0.3 is 17.9 Å². The minimum absolute atomic E-state index is 0.00547. The van der Waals surface area contributed by atoms with Crippen molar-refractivity contribution >= 4 is 17.9 Å². The van der Waals surface area contributed by atoms with Crippen molar-refractivity contribution in [1.82, 2.24) is 0 Å². The van der Waals surface area contributed by atoms with Crippen LogP contribution in [0, 0.1) is 50.2 Å². The van der Waals surface area contributed by atoms with Crippen LogP contribution < -0.4 is 0 Å². The molecular weight excluding hydrogens is 781 g/mol. The zero-order chi connectivity index (χ0) is 45.1. The fourth-order valence-electron chi connectivity index (χ4n) is 14.6. The number of allylic oxidation sites excluding steroid dienone is 2. The molecule has 352 valence electrons. The first-order valence-electron chi connectivity index (χ1n) is 25.4. The van der Waals surface area contributed by atoms with Crippen molar-refractivity contribution in [3.8, 4) is 0 Å². The van der Waals surface area contributed by atoms with E-state index in [-0.39, 0.29) is 51.0 Å². The molecule has 9 nitrogen and oxygen atoms in total. The van der Waals surface area contributed by atoms with Crippen molar-refractivity contribution < 1.29 is 43.9 Å². The number of carbonyl (C=O) groups excluding carboxylic acids is 3. The highest BCUT2D eigenvalue weighted by atomic mass is 16.6. The van der Waals surface area contributed by atoms with Crippen LogP contribution in [0.1, 0.15) is 216 Å². The summed E-state index contributed by atoms with van der Waals surface area (Å²) in [5, 5.41) is 30.7. The molecule has 1 aliphatic heterocycles. The smallest absolute Gasteiger partial charge is 0.377 e. The van der Waals surface area contributed by atoms with Crippen LogP contribution in [0.2, 0.25) is 0 Å². The first-order valence-corrected chi connectivity index (χ1v) is 25.4. The SMILES string of the molecule is CCCCCCCCCCCCCCCCC(=O)O[C@H]1CC[C@@]2(C)C(CC[C@]3(C)C2CC=C2[C@@H]4CC(C)(C)CC[C@]4(C(=O)OC[C@H](O)C4OC(=O)C(O)=C4O)CC[C@]23C)C1(C)C. The summed E-state index contributed by atoms with van der Waals surface area (Å²) < 4.78 is 17.3. The third-order valence-corrected chi connectivity index (χ3v) is 18.7. The molecular formula is C53H86O9. The molecule has 0 spiro atoms. The number of hydrogen-bond donors (Lipinski definition) is 3. The fourth-order valence-corrected chi connectivity index (χ4v) is 14.6. The van der Waals surface area contributed by atoms with E-state index in [2.05, 4.69) is 61.5 Å². The van der Waals surface area contributed by atoms with Gasteiger partial charge in [-0.15, -0.1) is 0 Å². The quantitative estimate of drug-likeness (QED) is 0.0472. The zero-order valence-corrected chi connectivity index (χ0v) is 40.2. The Labute approximate surface area is 375 Å². The maximum absolute atomic E-state index is 14.4. The highest BCUT2D eigenvalue weighted by molar-refractivity contribution is 5.89. The van der Waals surface area contributed by atoms with Gasteiger partial charge in [-0.2, -0.15) is 0 Å². The highest BCUT2D eigenvalue weighted by Gasteiger charge is 2.69. The van der Waals surface area contributed by atoms with E-state index in [4.69, 9.17) is 14.2 Å². The molecule has 3 N–H and O–H groups in total. The van der Waals surface area contributed by atoms with Crippen molar-refractivity contribution in [3.05, 3.63) is 23.2 Å². The Morgan fingerprint density at radius 3 is 1.97 bits per heavy atom. The first kappa shape index (κ1) is 48.9. The normalized spacial score (nSPS) is 36.3. The molecule has 0 radical (unpaired) electrons. The predicted octanol–water partition coefficient (Wildman–Crippen LogP) is 12.7. The van der Waals surface area contributed by atoms with Crippen molar-refractivity contribution in [2.45, 2.75) is 234 Å². The molecule has 0 aromatic rings. The summed E-state index contributed by atoms with van der Waals surface area (Å²) in [5.41, 5.74) is 0.624. The minimum atomic E-state index is -1.50. The van der Waals surface area contributed by atoms with Crippen LogP contribution in [0.25, 0.3) is 0 Å². The molecule has 5 aliphatic carbocycles. The van der Waals surface area contributed by atoms with Crippen LogP contribution in [0.3, 0.4) is 0 Å². The van der Waals surface area contributed by atoms with E-state index in [1.807, 2.05) is 0 Å². The second-order valence-corrected chi connectivity index (χ2v) is 23.3. The van der Waals surface area contributed by atoms with E-state index in [0.717, 1.165) is 64.2 Å². The molecule has 0 aromatic heterocycles. The average molecular weight is 867 g/mol. The van der Waals surface area contributed by atoms with Gasteiger partial charge < -0.3 is 29.5 Å². The number of aliphatic hydroxyl groups is 3. The monoisotopic (exact) mass is 867 g/mol. The van der Waals surface area contributed by atoms with Crippen molar-refractivity contribution in [2.24, 2.45) is 50.2 Å². The largest absolute Gasteiger partial charge is 0.505 e. The molecule has 0 saturated heterocycles. The van der Waals surface area contributed by atoms with E-state index < -0.39 is 41.7 Å². The summed E-state index contributed by atoms with van der Waals surface area (Å²) in [7, 11) is 0. The Bertz CT molecular complexity index is 1660. The van der Waals surface area contributed by atoms with E-state index in [0.29, 0.717) is 31.1 Å². The summed E-state index contributed by atoms with van der Waals surface area (Å²) in [6.45, 7) is 18.8. The van der Waals surface area contributed by atoms with Gasteiger partial charge in [-0.05, 0) is 110 Å². The van der Waals surface area contributed by atoms with Crippen molar-refractivity contribution in [3.63, 3.8) is 0 Å². The lowest BCUT2D eigenvalue weighted by atomic mass is 9.33. The van der Waals surface area contributed by atoms with Crippen LogP contribution in [0.4, 0.5) is 0 Å². The number of unbranched alkanes of at least 4 members (excludes halogenated alkanes) is 13. The van der Waals surface area contributed by atoms with Gasteiger partial charge in [0, 0.05) is 11.8 Å². The van der Waals surface area contributed by atoms with E-state index in [9.17, 15) is 29.7 Å². The van der Waals surface area contributed by atoms with Gasteiger partial charge in [0.25, 0.3) is 0 Å².